The number of nitrogens with two attached hydrogens (primary N) is 1. The van der Waals surface area contributed by atoms with Crippen LogP contribution in [-0.2, 0) is 30.2 Å². The molecular formula is C7H8N2O3S2. The third-order valence-electron chi connectivity index (χ3n) is 2.05. The summed E-state index contributed by atoms with van der Waals surface area (Å²) in [5.74, 6) is 0.912. The molecule has 0 bridgehead atoms. The van der Waals surface area contributed by atoms with E-state index in [2.05, 4.69) is 0 Å². The van der Waals surface area contributed by atoms with Crippen LogP contribution in [-0.4, -0.2) is 28.0 Å². The van der Waals surface area contributed by atoms with Gasteiger partial charge in [-0.2, -0.15) is 0 Å². The van der Waals surface area contributed by atoms with E-state index in [0.29, 0.717) is 17.9 Å². The molecule has 2 atom stereocenters. The Balaban J connectivity index is 2.16. The molecule has 0 aromatic rings. The van der Waals surface area contributed by atoms with Crippen molar-refractivity contribution < 1.29 is 14.3 Å². The fraction of sp³-hybridized carbons (Fsp3) is 0.429. The molecule has 2 heterocycles. The van der Waals surface area contributed by atoms with Gasteiger partial charge in [0.05, 0.1) is 17.5 Å². The topological polar surface area (TPSA) is 72.6 Å². The average Bonchev–Trinajstić information content (AvgIpc) is 2.07. The number of hydrogen-bond acceptors (Lipinski definition) is 4. The quantitative estimate of drug-likeness (QED) is 0.623. The molecule has 1 fully saturated rings. The zero-order valence-corrected chi connectivity index (χ0v) is 8.77. The molecule has 2 amide bonds. The van der Waals surface area contributed by atoms with Gasteiger partial charge >= 0.3 is 6.09 Å². The summed E-state index contributed by atoms with van der Waals surface area (Å²) in [6.45, 7) is 0. The van der Waals surface area contributed by atoms with Crippen LogP contribution >= 0.6 is 0 Å². The van der Waals surface area contributed by atoms with E-state index in [9.17, 15) is 9.59 Å². The van der Waals surface area contributed by atoms with Crippen LogP contribution in [0.25, 0.3) is 0 Å². The van der Waals surface area contributed by atoms with Crippen molar-refractivity contribution in [3.63, 3.8) is 0 Å². The number of β-lactam (4-membered cyclic amide) rings is 1. The number of carbonyl (C=O) groups excluding carboxylic acids is 2. The molecule has 0 aromatic carbocycles. The van der Waals surface area contributed by atoms with Gasteiger partial charge in [-0.1, -0.05) is 9.45 Å². The molecule has 5 nitrogen and oxygen atoms in total. The Morgan fingerprint density at radius 1 is 1.79 bits per heavy atom. The van der Waals surface area contributed by atoms with Crippen LogP contribution in [0.1, 0.15) is 6.42 Å². The van der Waals surface area contributed by atoms with Gasteiger partial charge < -0.3 is 15.4 Å². The molecule has 2 aliphatic rings. The molecule has 14 heavy (non-hydrogen) atoms. The van der Waals surface area contributed by atoms with Gasteiger partial charge in [0.15, 0.2) is 0 Å². The number of rotatable bonds is 1. The summed E-state index contributed by atoms with van der Waals surface area (Å²) in [4.78, 5) is 23.1. The smallest absolute Gasteiger partial charge is 0.409 e. The monoisotopic (exact) mass is 232 g/mol. The molecular weight excluding hydrogens is 224 g/mol. The summed E-state index contributed by atoms with van der Waals surface area (Å²) in [6, 6.07) is 0. The van der Waals surface area contributed by atoms with Gasteiger partial charge in [0, 0.05) is 6.20 Å². The van der Waals surface area contributed by atoms with E-state index in [1.807, 2.05) is 0 Å². The molecule has 2 aliphatic heterocycles. The van der Waals surface area contributed by atoms with Gasteiger partial charge in [0.25, 0.3) is 0 Å². The lowest BCUT2D eigenvalue weighted by Crippen LogP contribution is -2.54. The maximum Gasteiger partial charge on any atom is 0.409 e. The van der Waals surface area contributed by atoms with Crippen molar-refractivity contribution in [2.24, 2.45) is 5.73 Å². The summed E-state index contributed by atoms with van der Waals surface area (Å²) in [5.41, 5.74) is 4.87. The first kappa shape index (κ1) is 9.60. The molecule has 1 unspecified atom stereocenters. The van der Waals surface area contributed by atoms with Crippen molar-refractivity contribution in [2.75, 3.05) is 5.75 Å². The van der Waals surface area contributed by atoms with Crippen LogP contribution in [0.15, 0.2) is 12.0 Å². The first-order chi connectivity index (χ1) is 6.58. The number of nitrogens with zero attached hydrogens (tertiary/aromatic N) is 1. The Hall–Kier alpha value is -0.950. The third kappa shape index (κ3) is 1.53. The second-order valence-electron chi connectivity index (χ2n) is 3.00. The van der Waals surface area contributed by atoms with Crippen LogP contribution in [0.3, 0.4) is 0 Å². The van der Waals surface area contributed by atoms with Crippen LogP contribution in [0.2, 0.25) is 0 Å². The second kappa shape index (κ2) is 3.32. The number of ether oxygens (including phenoxy) is 1. The number of primary amides is 1. The fourth-order valence-corrected chi connectivity index (χ4v) is 3.59. The molecule has 0 saturated carbocycles. The minimum atomic E-state index is -0.866. The van der Waals surface area contributed by atoms with Crippen molar-refractivity contribution in [1.82, 2.24) is 4.90 Å². The average molecular weight is 232 g/mol. The third-order valence-corrected chi connectivity index (χ3v) is 4.64. The predicted molar refractivity (Wildman–Crippen MR) is 53.6 cm³/mol. The molecule has 0 aliphatic carbocycles. The maximum absolute atomic E-state index is 11.1. The van der Waals surface area contributed by atoms with Gasteiger partial charge in [-0.15, -0.1) is 0 Å². The van der Waals surface area contributed by atoms with E-state index in [1.54, 1.807) is 0 Å². The standard InChI is InChI=1S/C7H8N2O3S2/c8-7(11)12-4-2-9-5(10)1-6(9)14(13)3-4/h2,6H,1,3H2,(H2,8,11)/t6-,14?/m1/s1. The molecule has 0 spiro atoms. The maximum atomic E-state index is 11.1. The molecule has 0 radical (unpaired) electrons. The normalized spacial score (nSPS) is 30.1. The summed E-state index contributed by atoms with van der Waals surface area (Å²) in [6.07, 6.45) is 1.17. The number of hydrogen-bond donors (Lipinski definition) is 1. The molecule has 7 heteroatoms. The van der Waals surface area contributed by atoms with Crippen LogP contribution in [0.4, 0.5) is 4.79 Å². The summed E-state index contributed by atoms with van der Waals surface area (Å²) < 4.78 is 4.71. The van der Waals surface area contributed by atoms with E-state index in [0.717, 1.165) is 0 Å². The predicted octanol–water partition coefficient (Wildman–Crippen LogP) is -0.425. The molecule has 2 N–H and O–H groups in total. The van der Waals surface area contributed by atoms with E-state index < -0.39 is 6.09 Å². The number of amides is 2. The Kier molecular flexibility index (Phi) is 2.28. The van der Waals surface area contributed by atoms with Crippen molar-refractivity contribution in [1.29, 1.82) is 0 Å². The minimum Gasteiger partial charge on any atom is -0.413 e. The Morgan fingerprint density at radius 2 is 2.50 bits per heavy atom. The fourth-order valence-electron chi connectivity index (χ4n) is 1.39. The highest BCUT2D eigenvalue weighted by Crippen LogP contribution is 2.29. The molecule has 2 rings (SSSR count). The zero-order chi connectivity index (χ0) is 10.3. The van der Waals surface area contributed by atoms with Gasteiger partial charge in [0.2, 0.25) is 5.91 Å². The molecule has 0 aromatic heterocycles. The van der Waals surface area contributed by atoms with E-state index in [4.69, 9.17) is 21.7 Å². The van der Waals surface area contributed by atoms with Crippen LogP contribution in [0, 0.1) is 0 Å². The molecule has 1 saturated heterocycles. The van der Waals surface area contributed by atoms with E-state index in [1.165, 1.54) is 11.1 Å². The van der Waals surface area contributed by atoms with Gasteiger partial charge in [-0.25, -0.2) is 4.79 Å². The Bertz CT molecular complexity index is 366. The van der Waals surface area contributed by atoms with E-state index in [-0.39, 0.29) is 20.7 Å². The van der Waals surface area contributed by atoms with Crippen molar-refractivity contribution in [2.45, 2.75) is 11.8 Å². The first-order valence-corrected chi connectivity index (χ1v) is 6.32. The van der Waals surface area contributed by atoms with E-state index >= 15 is 0 Å². The van der Waals surface area contributed by atoms with Gasteiger partial charge in [-0.3, -0.25) is 4.79 Å². The van der Waals surface area contributed by atoms with Crippen molar-refractivity contribution in [3.05, 3.63) is 12.0 Å². The van der Waals surface area contributed by atoms with Crippen molar-refractivity contribution in [3.8, 4) is 0 Å². The highest BCUT2D eigenvalue weighted by atomic mass is 32.8. The first-order valence-electron chi connectivity index (χ1n) is 3.94. The van der Waals surface area contributed by atoms with Gasteiger partial charge in [-0.05, 0) is 11.2 Å². The van der Waals surface area contributed by atoms with Crippen LogP contribution < -0.4 is 5.73 Å². The highest BCUT2D eigenvalue weighted by molar-refractivity contribution is 8.29. The van der Waals surface area contributed by atoms with Gasteiger partial charge in [0.1, 0.15) is 5.76 Å². The lowest BCUT2D eigenvalue weighted by Gasteiger charge is -2.41. The zero-order valence-electron chi connectivity index (χ0n) is 7.13. The Labute approximate surface area is 87.5 Å². The lowest BCUT2D eigenvalue weighted by molar-refractivity contribution is -0.137. The Morgan fingerprint density at radius 3 is 3.07 bits per heavy atom. The second-order valence-corrected chi connectivity index (χ2v) is 5.88. The SMILES string of the molecule is NC(=O)OC1=CN2C(=O)C[C@H]2S(=S)C1. The minimum absolute atomic E-state index is 0.0163. The number of fused-ring (bicyclic) bond motifs is 1. The molecule has 76 valence electrons. The summed E-state index contributed by atoms with van der Waals surface area (Å²) in [7, 11) is -0.358. The summed E-state index contributed by atoms with van der Waals surface area (Å²) >= 11 is 5.18. The largest absolute Gasteiger partial charge is 0.413 e. The summed E-state index contributed by atoms with van der Waals surface area (Å²) in [5, 5.41) is 0.123. The highest BCUT2D eigenvalue weighted by Gasteiger charge is 2.40. The number of carbonyl (C=O) groups is 2. The van der Waals surface area contributed by atoms with Crippen molar-refractivity contribution >= 4 is 32.6 Å². The lowest BCUT2D eigenvalue weighted by atomic mass is 10.2. The van der Waals surface area contributed by atoms with Crippen LogP contribution in [0.5, 0.6) is 0 Å².